The molecule has 0 radical (unpaired) electrons. The summed E-state index contributed by atoms with van der Waals surface area (Å²) in [6, 6.07) is 23.3. The number of rotatable bonds is 8. The Labute approximate surface area is 159 Å². The van der Waals surface area contributed by atoms with Crippen molar-refractivity contribution in [3.8, 4) is 11.5 Å². The van der Waals surface area contributed by atoms with Crippen LogP contribution in [0.3, 0.4) is 0 Å². The first-order valence-corrected chi connectivity index (χ1v) is 8.82. The van der Waals surface area contributed by atoms with E-state index in [-0.39, 0.29) is 5.56 Å². The highest BCUT2D eigenvalue weighted by molar-refractivity contribution is 5.92. The summed E-state index contributed by atoms with van der Waals surface area (Å²) >= 11 is 0. The molecule has 0 unspecified atom stereocenters. The highest BCUT2D eigenvalue weighted by Gasteiger charge is 2.15. The number of aryl methyl sites for hydroxylation is 2. The fourth-order valence-corrected chi connectivity index (χ4v) is 2.97. The van der Waals surface area contributed by atoms with E-state index < -0.39 is 5.97 Å². The molecule has 0 saturated heterocycles. The van der Waals surface area contributed by atoms with Crippen molar-refractivity contribution in [3.63, 3.8) is 0 Å². The van der Waals surface area contributed by atoms with Crippen molar-refractivity contribution in [2.45, 2.75) is 19.4 Å². The number of aromatic carboxylic acids is 1. The predicted molar refractivity (Wildman–Crippen MR) is 105 cm³/mol. The third kappa shape index (κ3) is 4.88. The summed E-state index contributed by atoms with van der Waals surface area (Å²) in [4.78, 5) is 11.5. The molecule has 0 fully saturated rings. The van der Waals surface area contributed by atoms with Crippen LogP contribution in [0.25, 0.3) is 0 Å². The second-order valence-corrected chi connectivity index (χ2v) is 6.22. The molecule has 1 N–H and O–H groups in total. The summed E-state index contributed by atoms with van der Waals surface area (Å²) in [5.74, 6) is 0.243. The molecule has 0 aromatic heterocycles. The topological polar surface area (TPSA) is 55.8 Å². The minimum Gasteiger partial charge on any atom is -0.496 e. The van der Waals surface area contributed by atoms with Crippen LogP contribution in [0.2, 0.25) is 0 Å². The van der Waals surface area contributed by atoms with Crippen molar-refractivity contribution < 1.29 is 19.4 Å². The number of carboxylic acids is 1. The minimum atomic E-state index is -0.966. The van der Waals surface area contributed by atoms with Crippen LogP contribution >= 0.6 is 0 Å². The Morgan fingerprint density at radius 3 is 2.26 bits per heavy atom. The lowest BCUT2D eigenvalue weighted by Crippen LogP contribution is -2.06. The highest BCUT2D eigenvalue weighted by Crippen LogP contribution is 2.24. The fraction of sp³-hybridized carbons (Fsp3) is 0.174. The van der Waals surface area contributed by atoms with Gasteiger partial charge in [0.25, 0.3) is 0 Å². The van der Waals surface area contributed by atoms with Crippen molar-refractivity contribution in [3.05, 3.63) is 95.1 Å². The predicted octanol–water partition coefficient (Wildman–Crippen LogP) is 4.76. The molecule has 0 bridgehead atoms. The molecule has 0 atom stereocenters. The summed E-state index contributed by atoms with van der Waals surface area (Å²) in [6.07, 6.45) is 1.37. The van der Waals surface area contributed by atoms with E-state index in [1.54, 1.807) is 6.07 Å². The van der Waals surface area contributed by atoms with Crippen LogP contribution in [0.15, 0.2) is 72.8 Å². The Morgan fingerprint density at radius 1 is 0.852 bits per heavy atom. The summed E-state index contributed by atoms with van der Waals surface area (Å²) in [6.45, 7) is 0.534. The molecule has 0 spiro atoms. The molecule has 27 heavy (non-hydrogen) atoms. The fourth-order valence-electron chi connectivity index (χ4n) is 2.97. The molecule has 3 aromatic carbocycles. The number of ether oxygens (including phenoxy) is 2. The molecule has 138 valence electrons. The van der Waals surface area contributed by atoms with Crippen LogP contribution in [-0.2, 0) is 19.4 Å². The summed E-state index contributed by atoms with van der Waals surface area (Å²) in [7, 11) is 1.49. The molecular weight excluding hydrogens is 340 g/mol. The van der Waals surface area contributed by atoms with Gasteiger partial charge in [-0.2, -0.15) is 0 Å². The number of hydrogen-bond donors (Lipinski definition) is 1. The molecule has 0 heterocycles. The first-order chi connectivity index (χ1) is 13.2. The van der Waals surface area contributed by atoms with Crippen LogP contribution in [0, 0.1) is 0 Å². The maximum atomic E-state index is 11.5. The zero-order chi connectivity index (χ0) is 19.1. The standard InChI is InChI=1S/C23H22O4/c1-26-21-9-5-8-19(22(21)23(24)25)13-10-17-11-14-20(15-12-17)27-16-18-6-3-2-4-7-18/h2-9,11-12,14-15H,10,13,16H2,1H3,(H,24,25). The minimum absolute atomic E-state index is 0.239. The summed E-state index contributed by atoms with van der Waals surface area (Å²) in [5.41, 5.74) is 3.26. The van der Waals surface area contributed by atoms with Crippen LogP contribution in [0.5, 0.6) is 11.5 Å². The van der Waals surface area contributed by atoms with Gasteiger partial charge >= 0.3 is 5.97 Å². The Bertz CT molecular complexity index is 886. The zero-order valence-corrected chi connectivity index (χ0v) is 15.2. The third-order valence-electron chi connectivity index (χ3n) is 4.40. The second kappa shape index (κ2) is 8.90. The summed E-state index contributed by atoms with van der Waals surface area (Å²) < 4.78 is 11.0. The maximum absolute atomic E-state index is 11.5. The van der Waals surface area contributed by atoms with E-state index in [9.17, 15) is 9.90 Å². The van der Waals surface area contributed by atoms with E-state index in [2.05, 4.69) is 0 Å². The first-order valence-electron chi connectivity index (χ1n) is 8.82. The quantitative estimate of drug-likeness (QED) is 0.628. The Morgan fingerprint density at radius 2 is 1.59 bits per heavy atom. The van der Waals surface area contributed by atoms with Crippen LogP contribution in [0.4, 0.5) is 0 Å². The van der Waals surface area contributed by atoms with Crippen molar-refractivity contribution >= 4 is 5.97 Å². The number of carboxylic acid groups (broad SMARTS) is 1. The van der Waals surface area contributed by atoms with E-state index >= 15 is 0 Å². The monoisotopic (exact) mass is 362 g/mol. The molecule has 0 aliphatic rings. The normalized spacial score (nSPS) is 10.4. The van der Waals surface area contributed by atoms with Crippen LogP contribution in [-0.4, -0.2) is 18.2 Å². The van der Waals surface area contributed by atoms with Gasteiger partial charge in [0.1, 0.15) is 23.7 Å². The maximum Gasteiger partial charge on any atom is 0.339 e. The van der Waals surface area contributed by atoms with Gasteiger partial charge in [-0.1, -0.05) is 54.6 Å². The van der Waals surface area contributed by atoms with Crippen LogP contribution in [0.1, 0.15) is 27.0 Å². The van der Waals surface area contributed by atoms with E-state index in [0.29, 0.717) is 18.8 Å². The highest BCUT2D eigenvalue weighted by atomic mass is 16.5. The van der Waals surface area contributed by atoms with E-state index in [4.69, 9.17) is 9.47 Å². The number of carbonyl (C=O) groups is 1. The van der Waals surface area contributed by atoms with Gasteiger partial charge in [-0.05, 0) is 47.7 Å². The largest absolute Gasteiger partial charge is 0.496 e. The molecule has 0 aliphatic heterocycles. The van der Waals surface area contributed by atoms with Crippen LogP contribution < -0.4 is 9.47 Å². The molecule has 4 nitrogen and oxygen atoms in total. The number of benzene rings is 3. The van der Waals surface area contributed by atoms with Gasteiger partial charge in [-0.3, -0.25) is 0 Å². The van der Waals surface area contributed by atoms with Crippen molar-refractivity contribution in [2.75, 3.05) is 7.11 Å². The lowest BCUT2D eigenvalue weighted by atomic mass is 9.99. The zero-order valence-electron chi connectivity index (χ0n) is 15.2. The molecular formula is C23H22O4. The molecule has 0 aliphatic carbocycles. The van der Waals surface area contributed by atoms with Gasteiger partial charge in [0.15, 0.2) is 0 Å². The van der Waals surface area contributed by atoms with E-state index in [1.807, 2.05) is 66.7 Å². The van der Waals surface area contributed by atoms with Gasteiger partial charge in [0.05, 0.1) is 7.11 Å². The third-order valence-corrected chi connectivity index (χ3v) is 4.40. The Balaban J connectivity index is 1.61. The second-order valence-electron chi connectivity index (χ2n) is 6.22. The van der Waals surface area contributed by atoms with E-state index in [1.165, 1.54) is 7.11 Å². The summed E-state index contributed by atoms with van der Waals surface area (Å²) in [5, 5.41) is 9.47. The molecule has 3 rings (SSSR count). The van der Waals surface area contributed by atoms with Gasteiger partial charge in [0.2, 0.25) is 0 Å². The Hall–Kier alpha value is -3.27. The average molecular weight is 362 g/mol. The lowest BCUT2D eigenvalue weighted by molar-refractivity contribution is 0.0692. The van der Waals surface area contributed by atoms with Gasteiger partial charge in [-0.25, -0.2) is 4.79 Å². The van der Waals surface area contributed by atoms with Crippen molar-refractivity contribution in [2.24, 2.45) is 0 Å². The molecule has 3 aromatic rings. The molecule has 0 amide bonds. The van der Waals surface area contributed by atoms with Crippen molar-refractivity contribution in [1.29, 1.82) is 0 Å². The van der Waals surface area contributed by atoms with Gasteiger partial charge in [-0.15, -0.1) is 0 Å². The average Bonchev–Trinajstić information content (AvgIpc) is 2.71. The smallest absolute Gasteiger partial charge is 0.339 e. The van der Waals surface area contributed by atoms with Gasteiger partial charge in [0, 0.05) is 0 Å². The number of hydrogen-bond acceptors (Lipinski definition) is 3. The molecule has 4 heteroatoms. The van der Waals surface area contributed by atoms with E-state index in [0.717, 1.165) is 28.9 Å². The number of methoxy groups -OCH3 is 1. The van der Waals surface area contributed by atoms with Gasteiger partial charge < -0.3 is 14.6 Å². The Kier molecular flexibility index (Phi) is 6.10. The first kappa shape index (κ1) is 18.5. The lowest BCUT2D eigenvalue weighted by Gasteiger charge is -2.11. The van der Waals surface area contributed by atoms with Crippen molar-refractivity contribution in [1.82, 2.24) is 0 Å². The SMILES string of the molecule is COc1cccc(CCc2ccc(OCc3ccccc3)cc2)c1C(=O)O. The molecule has 0 saturated carbocycles.